The zero-order chi connectivity index (χ0) is 32.8. The molecule has 2 heterocycles. The van der Waals surface area contributed by atoms with Crippen molar-refractivity contribution < 1.29 is 28.1 Å². The van der Waals surface area contributed by atoms with Crippen molar-refractivity contribution >= 4 is 29.3 Å². The maximum atomic E-state index is 15.7. The second kappa shape index (κ2) is 15.2. The molecule has 0 spiro atoms. The van der Waals surface area contributed by atoms with Crippen LogP contribution in [0.25, 0.3) is 0 Å². The van der Waals surface area contributed by atoms with Crippen molar-refractivity contribution in [3.8, 4) is 0 Å². The van der Waals surface area contributed by atoms with Crippen LogP contribution in [-0.2, 0) is 14.4 Å². The molecule has 5 rings (SSSR count). The number of amides is 4. The van der Waals surface area contributed by atoms with Crippen molar-refractivity contribution in [3.05, 3.63) is 47.1 Å². The fourth-order valence-corrected chi connectivity index (χ4v) is 6.55. The molecule has 2 aliphatic carbocycles. The van der Waals surface area contributed by atoms with Gasteiger partial charge in [0.2, 0.25) is 17.7 Å². The minimum absolute atomic E-state index is 0.0167. The number of hydrogen-bond acceptors (Lipinski definition) is 7. The molecule has 12 heteroatoms. The Kier molecular flexibility index (Phi) is 11.1. The standard InChI is InChI=1S/C34H47FN6O5/c1-4-28(42)37-29(34(45)41-17-15-40(3)16-18-41)21(2)24-13-14-27(26(35)19-24)36-33(44)31(22-9-7-5-6-8-10-22)38-32(43)25-20-46-39-30(25)23-11-12-23/h13-14,19-23,29,31H,4-12,15-18H2,1-3H3,(H,36,44)(H,37,42)(H,38,43)/t21-,29+,31-/m0/s1. The smallest absolute Gasteiger partial charge is 0.257 e. The highest BCUT2D eigenvalue weighted by Crippen LogP contribution is 2.41. The van der Waals surface area contributed by atoms with Crippen molar-refractivity contribution in [2.75, 3.05) is 38.5 Å². The van der Waals surface area contributed by atoms with Crippen molar-refractivity contribution in [1.82, 2.24) is 25.6 Å². The van der Waals surface area contributed by atoms with Crippen LogP contribution in [0.1, 0.15) is 105 Å². The Labute approximate surface area is 270 Å². The average molecular weight is 639 g/mol. The number of piperazine rings is 1. The summed E-state index contributed by atoms with van der Waals surface area (Å²) in [6.45, 7) is 6.09. The summed E-state index contributed by atoms with van der Waals surface area (Å²) in [4.78, 5) is 57.0. The van der Waals surface area contributed by atoms with E-state index in [1.54, 1.807) is 24.8 Å². The van der Waals surface area contributed by atoms with E-state index in [1.165, 1.54) is 18.4 Å². The summed E-state index contributed by atoms with van der Waals surface area (Å²) >= 11 is 0. The van der Waals surface area contributed by atoms with Gasteiger partial charge in [-0.25, -0.2) is 4.39 Å². The Morgan fingerprint density at radius 2 is 1.70 bits per heavy atom. The first kappa shape index (κ1) is 33.6. The summed E-state index contributed by atoms with van der Waals surface area (Å²) in [6, 6.07) is 2.74. The van der Waals surface area contributed by atoms with E-state index in [1.807, 2.05) is 7.05 Å². The number of rotatable bonds is 11. The number of likely N-dealkylation sites (N-methyl/N-ethyl adjacent to an activating group) is 1. The van der Waals surface area contributed by atoms with Crippen molar-refractivity contribution in [2.24, 2.45) is 5.92 Å². The minimum Gasteiger partial charge on any atom is -0.364 e. The second-order valence-corrected chi connectivity index (χ2v) is 13.1. The summed E-state index contributed by atoms with van der Waals surface area (Å²) < 4.78 is 20.8. The first-order chi connectivity index (χ1) is 22.2. The Balaban J connectivity index is 1.32. The molecule has 1 aromatic carbocycles. The van der Waals surface area contributed by atoms with Crippen LogP contribution in [0.5, 0.6) is 0 Å². The lowest BCUT2D eigenvalue weighted by atomic mass is 9.90. The number of hydrogen-bond donors (Lipinski definition) is 3. The quantitative estimate of drug-likeness (QED) is 0.314. The molecule has 3 aliphatic rings. The molecular weight excluding hydrogens is 591 g/mol. The molecule has 11 nitrogen and oxygen atoms in total. The molecule has 0 radical (unpaired) electrons. The van der Waals surface area contributed by atoms with Crippen molar-refractivity contribution in [2.45, 2.75) is 95.6 Å². The van der Waals surface area contributed by atoms with Crippen molar-refractivity contribution in [3.63, 3.8) is 0 Å². The van der Waals surface area contributed by atoms with Crippen LogP contribution in [0.3, 0.4) is 0 Å². The predicted molar refractivity (Wildman–Crippen MR) is 171 cm³/mol. The molecule has 4 amide bonds. The van der Waals surface area contributed by atoms with Gasteiger partial charge in [-0.1, -0.05) is 50.8 Å². The lowest BCUT2D eigenvalue weighted by Crippen LogP contribution is -2.55. The topological polar surface area (TPSA) is 137 Å². The maximum absolute atomic E-state index is 15.7. The molecule has 1 saturated heterocycles. The van der Waals surface area contributed by atoms with E-state index in [0.717, 1.165) is 64.5 Å². The molecule has 1 aliphatic heterocycles. The number of carbonyl (C=O) groups excluding carboxylic acids is 4. The van der Waals surface area contributed by atoms with Crippen LogP contribution < -0.4 is 16.0 Å². The third-order valence-electron chi connectivity index (χ3n) is 9.74. The van der Waals surface area contributed by atoms with Gasteiger partial charge < -0.3 is 30.3 Å². The Morgan fingerprint density at radius 3 is 2.33 bits per heavy atom. The first-order valence-electron chi connectivity index (χ1n) is 16.8. The van der Waals surface area contributed by atoms with Crippen LogP contribution in [-0.4, -0.2) is 83.9 Å². The zero-order valence-electron chi connectivity index (χ0n) is 27.1. The van der Waals surface area contributed by atoms with Crippen molar-refractivity contribution in [1.29, 1.82) is 0 Å². The van der Waals surface area contributed by atoms with Gasteiger partial charge in [-0.15, -0.1) is 0 Å². The molecule has 3 fully saturated rings. The predicted octanol–water partition coefficient (Wildman–Crippen LogP) is 4.17. The van der Waals surface area contributed by atoms with E-state index in [2.05, 4.69) is 26.0 Å². The second-order valence-electron chi connectivity index (χ2n) is 13.1. The highest BCUT2D eigenvalue weighted by atomic mass is 19.1. The van der Waals surface area contributed by atoms with Crippen LogP contribution >= 0.6 is 0 Å². The normalized spacial score (nSPS) is 19.9. The van der Waals surface area contributed by atoms with Gasteiger partial charge in [-0.05, 0) is 56.3 Å². The Bertz CT molecular complexity index is 1390. The van der Waals surface area contributed by atoms with Gasteiger partial charge in [0, 0.05) is 44.4 Å². The number of halogens is 1. The van der Waals surface area contributed by atoms with E-state index >= 15 is 4.39 Å². The SMILES string of the molecule is CCC(=O)N[C@@H](C(=O)N1CCN(C)CC1)[C@@H](C)c1ccc(NC(=O)[C@@H](NC(=O)c2conc2C2CC2)C2CCCCCC2)c(F)c1. The van der Waals surface area contributed by atoms with Gasteiger partial charge in [0.05, 0.1) is 11.4 Å². The fourth-order valence-electron chi connectivity index (χ4n) is 6.55. The lowest BCUT2D eigenvalue weighted by Gasteiger charge is -2.36. The number of carbonyl (C=O) groups is 4. The highest BCUT2D eigenvalue weighted by molar-refractivity contribution is 6.02. The molecule has 2 saturated carbocycles. The van der Waals surface area contributed by atoms with Crippen LogP contribution in [0.15, 0.2) is 29.0 Å². The third kappa shape index (κ3) is 8.12. The van der Waals surface area contributed by atoms with E-state index in [0.29, 0.717) is 29.9 Å². The Hall–Kier alpha value is -3.80. The van der Waals surface area contributed by atoms with E-state index in [9.17, 15) is 19.2 Å². The van der Waals surface area contributed by atoms with Gasteiger partial charge in [-0.3, -0.25) is 19.2 Å². The first-order valence-corrected chi connectivity index (χ1v) is 16.8. The molecule has 2 aromatic rings. The monoisotopic (exact) mass is 638 g/mol. The lowest BCUT2D eigenvalue weighted by molar-refractivity contribution is -0.138. The number of nitrogens with one attached hydrogen (secondary N) is 3. The molecule has 0 unspecified atom stereocenters. The van der Waals surface area contributed by atoms with E-state index in [-0.39, 0.29) is 35.8 Å². The molecule has 46 heavy (non-hydrogen) atoms. The molecule has 3 N–H and O–H groups in total. The molecule has 250 valence electrons. The highest BCUT2D eigenvalue weighted by Gasteiger charge is 2.36. The summed E-state index contributed by atoms with van der Waals surface area (Å²) in [5.74, 6) is -2.43. The molecule has 3 atom stereocenters. The molecule has 1 aromatic heterocycles. The van der Waals surface area contributed by atoms with Gasteiger partial charge in [0.1, 0.15) is 29.7 Å². The fraction of sp³-hybridized carbons (Fsp3) is 0.618. The van der Waals surface area contributed by atoms with Crippen LogP contribution in [0.4, 0.5) is 10.1 Å². The third-order valence-corrected chi connectivity index (χ3v) is 9.74. The number of nitrogens with zero attached hydrogens (tertiary/aromatic N) is 3. The van der Waals surface area contributed by atoms with E-state index < -0.39 is 35.6 Å². The van der Waals surface area contributed by atoms with Gasteiger partial charge in [-0.2, -0.15) is 0 Å². The summed E-state index contributed by atoms with van der Waals surface area (Å²) in [5, 5.41) is 12.5. The van der Waals surface area contributed by atoms with Gasteiger partial charge >= 0.3 is 0 Å². The van der Waals surface area contributed by atoms with Gasteiger partial charge in [0.15, 0.2) is 0 Å². The van der Waals surface area contributed by atoms with Crippen LogP contribution in [0, 0.1) is 11.7 Å². The maximum Gasteiger partial charge on any atom is 0.257 e. The number of anilines is 1. The summed E-state index contributed by atoms with van der Waals surface area (Å²) in [5.41, 5.74) is 1.46. The average Bonchev–Trinajstić information content (AvgIpc) is 3.84. The largest absolute Gasteiger partial charge is 0.364 e. The number of aromatic nitrogens is 1. The number of benzene rings is 1. The minimum atomic E-state index is -0.861. The summed E-state index contributed by atoms with van der Waals surface area (Å²) in [7, 11) is 2.00. The summed E-state index contributed by atoms with van der Waals surface area (Å²) in [6.07, 6.45) is 9.05. The Morgan fingerprint density at radius 1 is 1.00 bits per heavy atom. The van der Waals surface area contributed by atoms with E-state index in [4.69, 9.17) is 4.52 Å². The molecular formula is C34H47FN6O5. The molecule has 0 bridgehead atoms. The zero-order valence-corrected chi connectivity index (χ0v) is 27.1. The van der Waals surface area contributed by atoms with Crippen LogP contribution in [0.2, 0.25) is 0 Å². The van der Waals surface area contributed by atoms with Gasteiger partial charge in [0.25, 0.3) is 5.91 Å².